The normalized spacial score (nSPS) is 17.9. The molecule has 0 radical (unpaired) electrons. The van der Waals surface area contributed by atoms with Gasteiger partial charge in [0.25, 0.3) is 0 Å². The minimum Gasteiger partial charge on any atom is -0.490 e. The number of rotatable bonds is 0. The molecule has 1 aliphatic heterocycles. The highest BCUT2D eigenvalue weighted by Crippen LogP contribution is 2.42. The molecule has 0 fully saturated rings. The largest absolute Gasteiger partial charge is 0.490 e. The molecule has 0 saturated heterocycles. The molecule has 2 bridgehead atoms. The minimum atomic E-state index is -0.449. The zero-order valence-electron chi connectivity index (χ0n) is 16.6. The van der Waals surface area contributed by atoms with Crippen LogP contribution in [-0.2, 0) is 14.2 Å². The van der Waals surface area contributed by atoms with E-state index >= 15 is 0 Å². The highest BCUT2D eigenvalue weighted by molar-refractivity contribution is 6.43. The Hall–Kier alpha value is -2.16. The first-order valence-electron chi connectivity index (χ1n) is 9.83. The van der Waals surface area contributed by atoms with Crippen LogP contribution in [-0.4, -0.2) is 64.4 Å². The maximum atomic E-state index is 13.5. The molecular formula is C22H20Cl2O7. The van der Waals surface area contributed by atoms with E-state index in [1.807, 2.05) is 0 Å². The summed E-state index contributed by atoms with van der Waals surface area (Å²) in [6.07, 6.45) is 0. The van der Waals surface area contributed by atoms with Crippen molar-refractivity contribution in [1.29, 1.82) is 0 Å². The van der Waals surface area contributed by atoms with Gasteiger partial charge in [-0.3, -0.25) is 9.59 Å². The van der Waals surface area contributed by atoms with Crippen molar-refractivity contribution in [2.45, 2.75) is 0 Å². The summed E-state index contributed by atoms with van der Waals surface area (Å²) in [5, 5.41) is 0.301. The van der Waals surface area contributed by atoms with E-state index < -0.39 is 11.6 Å². The summed E-state index contributed by atoms with van der Waals surface area (Å²) in [6.45, 7) is 2.61. The molecule has 0 unspecified atom stereocenters. The molecule has 1 heterocycles. The average Bonchev–Trinajstić information content (AvgIpc) is 2.76. The molecule has 2 aromatic carbocycles. The highest BCUT2D eigenvalue weighted by Gasteiger charge is 2.38. The third kappa shape index (κ3) is 4.56. The predicted octanol–water partition coefficient (Wildman–Crippen LogP) is 3.59. The van der Waals surface area contributed by atoms with Crippen molar-refractivity contribution >= 4 is 34.8 Å². The zero-order valence-corrected chi connectivity index (χ0v) is 18.1. The maximum Gasteiger partial charge on any atom is 0.202 e. The van der Waals surface area contributed by atoms with E-state index in [4.69, 9.17) is 46.9 Å². The van der Waals surface area contributed by atoms with Gasteiger partial charge in [0.1, 0.15) is 24.7 Å². The van der Waals surface area contributed by atoms with Crippen molar-refractivity contribution in [3.63, 3.8) is 0 Å². The van der Waals surface area contributed by atoms with Gasteiger partial charge in [-0.1, -0.05) is 23.2 Å². The van der Waals surface area contributed by atoms with Crippen LogP contribution in [0.15, 0.2) is 24.3 Å². The first-order chi connectivity index (χ1) is 15.1. The second kappa shape index (κ2) is 9.97. The molecule has 0 N–H and O–H groups in total. The Labute approximate surface area is 189 Å². The minimum absolute atomic E-state index is 0.0720. The van der Waals surface area contributed by atoms with Crippen molar-refractivity contribution in [3.05, 3.63) is 56.6 Å². The lowest BCUT2D eigenvalue weighted by molar-refractivity contribution is 0.00482. The second-order valence-electron chi connectivity index (χ2n) is 6.78. The molecule has 2 aromatic rings. The van der Waals surface area contributed by atoms with Crippen molar-refractivity contribution in [3.8, 4) is 11.5 Å². The third-order valence-corrected chi connectivity index (χ3v) is 5.49. The van der Waals surface area contributed by atoms with E-state index in [1.54, 1.807) is 12.1 Å². The third-order valence-electron chi connectivity index (χ3n) is 4.86. The van der Waals surface area contributed by atoms with Crippen LogP contribution in [0.1, 0.15) is 31.8 Å². The van der Waals surface area contributed by atoms with Crippen molar-refractivity contribution < 1.29 is 33.3 Å². The van der Waals surface area contributed by atoms with E-state index in [0.717, 1.165) is 0 Å². The Balaban J connectivity index is 1.75. The van der Waals surface area contributed by atoms with Crippen LogP contribution in [0.4, 0.5) is 0 Å². The van der Waals surface area contributed by atoms with Gasteiger partial charge < -0.3 is 23.7 Å². The lowest BCUT2D eigenvalue weighted by Crippen LogP contribution is -2.25. The van der Waals surface area contributed by atoms with Gasteiger partial charge in [-0.05, 0) is 24.3 Å². The first kappa shape index (κ1) is 22.0. The predicted molar refractivity (Wildman–Crippen MR) is 113 cm³/mol. The fraction of sp³-hybridized carbons (Fsp3) is 0.364. The van der Waals surface area contributed by atoms with E-state index in [0.29, 0.717) is 26.4 Å². The summed E-state index contributed by atoms with van der Waals surface area (Å²) in [7, 11) is 0. The number of carbonyl (C=O) groups excluding carboxylic acids is 2. The van der Waals surface area contributed by atoms with Crippen molar-refractivity contribution in [2.24, 2.45) is 0 Å². The zero-order chi connectivity index (χ0) is 21.8. The number of hydrogen-bond acceptors (Lipinski definition) is 7. The highest BCUT2D eigenvalue weighted by atomic mass is 35.5. The van der Waals surface area contributed by atoms with E-state index in [2.05, 4.69) is 0 Å². The number of ether oxygens (including phenoxy) is 5. The van der Waals surface area contributed by atoms with Gasteiger partial charge in [-0.2, -0.15) is 0 Å². The average molecular weight is 467 g/mol. The Kier molecular flexibility index (Phi) is 7.09. The molecule has 1 aliphatic carbocycles. The molecule has 0 spiro atoms. The van der Waals surface area contributed by atoms with Gasteiger partial charge in [-0.15, -0.1) is 0 Å². The Morgan fingerprint density at radius 3 is 1.29 bits per heavy atom. The monoisotopic (exact) mass is 466 g/mol. The fourth-order valence-corrected chi connectivity index (χ4v) is 3.95. The summed E-state index contributed by atoms with van der Waals surface area (Å²) >= 11 is 12.6. The topological polar surface area (TPSA) is 80.3 Å². The van der Waals surface area contributed by atoms with Crippen LogP contribution in [0.3, 0.4) is 0 Å². The summed E-state index contributed by atoms with van der Waals surface area (Å²) < 4.78 is 27.9. The van der Waals surface area contributed by atoms with Crippen LogP contribution in [0.2, 0.25) is 10.0 Å². The van der Waals surface area contributed by atoms with Crippen LogP contribution >= 0.6 is 23.2 Å². The van der Waals surface area contributed by atoms with Crippen LogP contribution in [0.25, 0.3) is 0 Å². The summed E-state index contributed by atoms with van der Waals surface area (Å²) in [5.41, 5.74) is 0.334. The Bertz CT molecular complexity index is 930. The summed E-state index contributed by atoms with van der Waals surface area (Å²) in [4.78, 5) is 26.8. The molecular weight excluding hydrogens is 447 g/mol. The molecule has 0 atom stereocenters. The SMILES string of the molecule is O=C1c2c(Cl)ccc3c2C(=O)c2c(ccc(Cl)c21)OCCOCCOCCOCCO3. The quantitative estimate of drug-likeness (QED) is 0.500. The number of halogens is 2. The molecule has 7 nitrogen and oxygen atoms in total. The number of ketones is 2. The van der Waals surface area contributed by atoms with Crippen LogP contribution in [0, 0.1) is 0 Å². The fourth-order valence-electron chi connectivity index (χ4n) is 3.46. The van der Waals surface area contributed by atoms with Gasteiger partial charge in [0, 0.05) is 0 Å². The van der Waals surface area contributed by atoms with Gasteiger partial charge >= 0.3 is 0 Å². The molecule has 31 heavy (non-hydrogen) atoms. The Morgan fingerprint density at radius 2 is 0.871 bits per heavy atom. The second-order valence-corrected chi connectivity index (χ2v) is 7.60. The summed E-state index contributed by atoms with van der Waals surface area (Å²) in [5.74, 6) is -0.386. The molecule has 9 heteroatoms. The standard InChI is InChI=1S/C22H20Cl2O7/c23-13-1-3-15-19-17(13)21(25)18-14(24)2-4-16(20(18)22(19)26)31-12-10-29-8-6-27-5-7-28-9-11-30-15/h1-4H,5-12H2. The molecule has 164 valence electrons. The van der Waals surface area contributed by atoms with Crippen LogP contribution < -0.4 is 9.47 Å². The van der Waals surface area contributed by atoms with Gasteiger partial charge in [0.15, 0.2) is 5.78 Å². The van der Waals surface area contributed by atoms with Gasteiger partial charge in [-0.25, -0.2) is 0 Å². The van der Waals surface area contributed by atoms with Crippen molar-refractivity contribution in [2.75, 3.05) is 52.9 Å². The number of carbonyl (C=O) groups is 2. The molecule has 0 aromatic heterocycles. The van der Waals surface area contributed by atoms with E-state index in [9.17, 15) is 9.59 Å². The van der Waals surface area contributed by atoms with E-state index in [1.165, 1.54) is 12.1 Å². The number of hydrogen-bond donors (Lipinski definition) is 0. The lowest BCUT2D eigenvalue weighted by Gasteiger charge is -2.24. The maximum absolute atomic E-state index is 13.5. The lowest BCUT2D eigenvalue weighted by atomic mass is 9.83. The van der Waals surface area contributed by atoms with Gasteiger partial charge in [0.2, 0.25) is 5.78 Å². The Morgan fingerprint density at radius 1 is 0.516 bits per heavy atom. The van der Waals surface area contributed by atoms with Gasteiger partial charge in [0.05, 0.1) is 71.9 Å². The molecule has 0 amide bonds. The summed E-state index contributed by atoms with van der Waals surface area (Å²) in [6, 6.07) is 6.19. The van der Waals surface area contributed by atoms with Crippen molar-refractivity contribution in [1.82, 2.24) is 0 Å². The van der Waals surface area contributed by atoms with Crippen LogP contribution in [0.5, 0.6) is 11.5 Å². The number of benzene rings is 2. The molecule has 4 rings (SSSR count). The smallest absolute Gasteiger partial charge is 0.202 e. The van der Waals surface area contributed by atoms with E-state index in [-0.39, 0.29) is 70.2 Å². The molecule has 2 aliphatic rings. The first-order valence-corrected chi connectivity index (χ1v) is 10.6. The molecule has 0 saturated carbocycles.